The van der Waals surface area contributed by atoms with Crippen LogP contribution in [0, 0.1) is 0 Å². The molecule has 0 saturated heterocycles. The molecule has 374 valence electrons. The lowest BCUT2D eigenvalue weighted by atomic mass is 9.86. The van der Waals surface area contributed by atoms with Crippen LogP contribution >= 0.6 is 0 Å². The van der Waals surface area contributed by atoms with Crippen LogP contribution in [-0.2, 0) is 10.8 Å². The van der Waals surface area contributed by atoms with Gasteiger partial charge in [0.1, 0.15) is 0 Å². The summed E-state index contributed by atoms with van der Waals surface area (Å²) in [6.07, 6.45) is 5.78. The Morgan fingerprint density at radius 3 is 1.05 bits per heavy atom. The Morgan fingerprint density at radius 1 is 0.342 bits per heavy atom. The molecular weight excluding hydrogens is 881 g/mol. The lowest BCUT2D eigenvalue weighted by molar-refractivity contribution is 0.591. The minimum Gasteiger partial charge on any atom is -0.309 e. The normalized spacial score (nSPS) is 14.2. The Morgan fingerprint density at radius 2 is 0.699 bits per heavy atom. The van der Waals surface area contributed by atoms with Crippen molar-refractivity contribution in [1.29, 1.82) is 0 Å². The molecule has 2 nitrogen and oxygen atoms in total. The summed E-state index contributed by atoms with van der Waals surface area (Å²) in [7, 11) is 0. The molecule has 4 unspecified atom stereocenters. The number of hydrogen-bond donors (Lipinski definition) is 0. The first-order valence-corrected chi connectivity index (χ1v) is 27.9. The molecule has 0 aliphatic rings. The van der Waals surface area contributed by atoms with Gasteiger partial charge in [-0.3, -0.25) is 0 Å². The number of aromatic nitrogens is 2. The molecular formula is C71H80N2. The van der Waals surface area contributed by atoms with Gasteiger partial charge < -0.3 is 9.13 Å². The van der Waals surface area contributed by atoms with Gasteiger partial charge in [0.05, 0.1) is 22.1 Å². The van der Waals surface area contributed by atoms with E-state index in [1.54, 1.807) is 0 Å². The Kier molecular flexibility index (Phi) is 13.4. The number of nitrogens with zero attached hydrogens (tertiary/aromatic N) is 2. The molecule has 0 N–H and O–H groups in total. The molecule has 0 amide bonds. The van der Waals surface area contributed by atoms with Crippen molar-refractivity contribution in [2.75, 3.05) is 0 Å². The van der Waals surface area contributed by atoms with Gasteiger partial charge in [-0.15, -0.1) is 0 Å². The van der Waals surface area contributed by atoms with Crippen LogP contribution in [0.2, 0.25) is 0 Å². The van der Waals surface area contributed by atoms with Gasteiger partial charge in [0, 0.05) is 32.9 Å². The fourth-order valence-electron chi connectivity index (χ4n) is 11.5. The predicted octanol–water partition coefficient (Wildman–Crippen LogP) is 21.4. The third kappa shape index (κ3) is 9.34. The van der Waals surface area contributed by atoms with Crippen molar-refractivity contribution in [3.05, 3.63) is 179 Å². The second kappa shape index (κ2) is 19.5. The van der Waals surface area contributed by atoms with Crippen molar-refractivity contribution in [3.8, 4) is 33.6 Å². The van der Waals surface area contributed by atoms with Crippen LogP contribution in [0.1, 0.15) is 186 Å². The minimum atomic E-state index is 0.0203. The summed E-state index contributed by atoms with van der Waals surface area (Å²) in [5.74, 6) is 2.05. The second-order valence-corrected chi connectivity index (χ2v) is 24.2. The summed E-state index contributed by atoms with van der Waals surface area (Å²) in [4.78, 5) is 0. The van der Waals surface area contributed by atoms with E-state index in [4.69, 9.17) is 0 Å². The van der Waals surface area contributed by atoms with Crippen LogP contribution in [0.3, 0.4) is 0 Å². The van der Waals surface area contributed by atoms with Gasteiger partial charge in [-0.25, -0.2) is 0 Å². The van der Waals surface area contributed by atoms with E-state index in [9.17, 15) is 0 Å². The van der Waals surface area contributed by atoms with Crippen molar-refractivity contribution in [2.45, 2.75) is 164 Å². The SMILES string of the molecule is CCCC(C)c1cc(-c2ccc3c(c2)c2cc(C(C)(C)C)ccc2n3-c2ccc3ccc(-n4c5ccc(-c6cc(C(C)CC)cc(C(C)CC)c6)cc5c5cc(C(C)(C)C)ccc54)cc3c2)cc(C(C)CC)c1. The Labute approximate surface area is 437 Å². The highest BCUT2D eigenvalue weighted by atomic mass is 15.0. The third-order valence-corrected chi connectivity index (χ3v) is 17.0. The van der Waals surface area contributed by atoms with Gasteiger partial charge in [-0.1, -0.05) is 176 Å². The van der Waals surface area contributed by atoms with Crippen molar-refractivity contribution in [1.82, 2.24) is 9.13 Å². The summed E-state index contributed by atoms with van der Waals surface area (Å²) < 4.78 is 5.02. The van der Waals surface area contributed by atoms with E-state index in [0.717, 1.165) is 19.3 Å². The number of hydrogen-bond acceptors (Lipinski definition) is 0. The Bertz CT molecular complexity index is 3660. The number of benzene rings is 8. The average molecular weight is 961 g/mol. The zero-order valence-electron chi connectivity index (χ0n) is 46.6. The molecule has 4 atom stereocenters. The van der Waals surface area contributed by atoms with E-state index in [0.29, 0.717) is 23.7 Å². The molecule has 8 aromatic carbocycles. The quantitative estimate of drug-likeness (QED) is 0.109. The van der Waals surface area contributed by atoms with Crippen LogP contribution in [0.15, 0.2) is 146 Å². The smallest absolute Gasteiger partial charge is 0.0541 e. The summed E-state index contributed by atoms with van der Waals surface area (Å²) in [6, 6.07) is 57.7. The second-order valence-electron chi connectivity index (χ2n) is 24.2. The summed E-state index contributed by atoms with van der Waals surface area (Å²) in [5.41, 5.74) is 21.0. The Hall–Kier alpha value is -6.38. The zero-order chi connectivity index (χ0) is 51.7. The molecule has 2 aromatic heterocycles. The minimum absolute atomic E-state index is 0.0203. The maximum atomic E-state index is 2.51. The first-order chi connectivity index (χ1) is 34.9. The van der Waals surface area contributed by atoms with Gasteiger partial charge in [-0.05, 0) is 199 Å². The molecule has 73 heavy (non-hydrogen) atoms. The predicted molar refractivity (Wildman–Crippen MR) is 320 cm³/mol. The van der Waals surface area contributed by atoms with Crippen LogP contribution in [0.25, 0.3) is 88.0 Å². The van der Waals surface area contributed by atoms with Crippen molar-refractivity contribution >= 4 is 54.4 Å². The van der Waals surface area contributed by atoms with Gasteiger partial charge in [-0.2, -0.15) is 0 Å². The average Bonchev–Trinajstić information content (AvgIpc) is 3.91. The largest absolute Gasteiger partial charge is 0.309 e. The molecule has 10 aromatic rings. The van der Waals surface area contributed by atoms with Crippen molar-refractivity contribution < 1.29 is 0 Å². The first kappa shape index (κ1) is 50.2. The van der Waals surface area contributed by atoms with E-state index in [1.807, 2.05) is 0 Å². The van der Waals surface area contributed by atoms with Crippen molar-refractivity contribution in [2.24, 2.45) is 0 Å². The fraction of sp³-hybridized carbons (Fsp3) is 0.352. The highest BCUT2D eigenvalue weighted by Gasteiger charge is 2.23. The lowest BCUT2D eigenvalue weighted by Crippen LogP contribution is -2.10. The summed E-state index contributed by atoms with van der Waals surface area (Å²) >= 11 is 0. The molecule has 10 rings (SSSR count). The number of rotatable bonds is 13. The maximum absolute atomic E-state index is 2.51. The van der Waals surface area contributed by atoms with Crippen LogP contribution in [0.4, 0.5) is 0 Å². The highest BCUT2D eigenvalue weighted by molar-refractivity contribution is 6.12. The molecule has 0 spiro atoms. The van der Waals surface area contributed by atoms with E-state index in [1.165, 1.54) is 134 Å². The van der Waals surface area contributed by atoms with Gasteiger partial charge in [0.15, 0.2) is 0 Å². The molecule has 2 heterocycles. The van der Waals surface area contributed by atoms with Gasteiger partial charge in [0.2, 0.25) is 0 Å². The molecule has 0 radical (unpaired) electrons. The van der Waals surface area contributed by atoms with Gasteiger partial charge in [0.25, 0.3) is 0 Å². The van der Waals surface area contributed by atoms with Crippen LogP contribution in [0.5, 0.6) is 0 Å². The summed E-state index contributed by atoms with van der Waals surface area (Å²) in [6.45, 7) is 32.7. The van der Waals surface area contributed by atoms with E-state index < -0.39 is 0 Å². The lowest BCUT2D eigenvalue weighted by Gasteiger charge is -2.19. The molecule has 0 aliphatic heterocycles. The summed E-state index contributed by atoms with van der Waals surface area (Å²) in [5, 5.41) is 7.65. The van der Waals surface area contributed by atoms with Gasteiger partial charge >= 0.3 is 0 Å². The number of fused-ring (bicyclic) bond motifs is 7. The molecule has 0 saturated carbocycles. The van der Waals surface area contributed by atoms with Crippen molar-refractivity contribution in [3.63, 3.8) is 0 Å². The molecule has 2 heteroatoms. The molecule has 0 bridgehead atoms. The standard InChI is InChI=1S/C71H80N2/c1-15-19-47(8)54-33-53(46(7)18-4)36-56(37-54)50-23-29-67-63(41-50)65-43-59(71(12,13)14)25-31-69(65)73(67)61-27-21-48-20-26-60(38-57(48)39-61)72-66-28-22-49(40-62(66)64-42-58(70(9,10)11)24-30-68(64)72)55-34-51(44(5)16-2)32-52(35-55)45(6)17-3/h20-47H,15-19H2,1-14H3. The van der Waals surface area contributed by atoms with Crippen LogP contribution < -0.4 is 0 Å². The third-order valence-electron chi connectivity index (χ3n) is 17.0. The zero-order valence-corrected chi connectivity index (χ0v) is 46.6. The molecule has 0 aliphatic carbocycles. The fourth-order valence-corrected chi connectivity index (χ4v) is 11.5. The van der Waals surface area contributed by atoms with Crippen LogP contribution in [-0.4, -0.2) is 9.13 Å². The van der Waals surface area contributed by atoms with E-state index >= 15 is 0 Å². The molecule has 0 fully saturated rings. The maximum Gasteiger partial charge on any atom is 0.0541 e. The Balaban J connectivity index is 1.14. The van der Waals surface area contributed by atoms with E-state index in [2.05, 4.69) is 252 Å². The van der Waals surface area contributed by atoms with E-state index in [-0.39, 0.29) is 10.8 Å². The first-order valence-electron chi connectivity index (χ1n) is 27.9. The monoisotopic (exact) mass is 961 g/mol. The highest BCUT2D eigenvalue weighted by Crippen LogP contribution is 2.42. The topological polar surface area (TPSA) is 9.86 Å².